The molecule has 0 saturated carbocycles. The van der Waals surface area contributed by atoms with Crippen LogP contribution in [0, 0.1) is 0 Å². The zero-order valence-corrected chi connectivity index (χ0v) is 18.6. The first-order chi connectivity index (χ1) is 17.1. The highest BCUT2D eigenvalue weighted by molar-refractivity contribution is 5.86. The Balaban J connectivity index is 1.38. The molecule has 0 aliphatic carbocycles. The molecule has 0 bridgehead atoms. The molecule has 174 valence electrons. The number of carbonyl (C=O) groups is 1. The lowest BCUT2D eigenvalue weighted by Crippen LogP contribution is -2.31. The van der Waals surface area contributed by atoms with E-state index in [2.05, 4.69) is 30.4 Å². The minimum Gasteiger partial charge on any atom is -0.331 e. The number of hydrogen-bond acceptors (Lipinski definition) is 7. The number of aromatic nitrogens is 6. The summed E-state index contributed by atoms with van der Waals surface area (Å²) in [5, 5.41) is 10.1. The molecule has 4 heterocycles. The van der Waals surface area contributed by atoms with E-state index in [0.29, 0.717) is 30.4 Å². The van der Waals surface area contributed by atoms with Crippen LogP contribution in [0.5, 0.6) is 0 Å². The van der Waals surface area contributed by atoms with E-state index in [4.69, 9.17) is 0 Å². The van der Waals surface area contributed by atoms with E-state index in [1.165, 1.54) is 0 Å². The van der Waals surface area contributed by atoms with Crippen LogP contribution in [0.3, 0.4) is 0 Å². The first-order valence-electron chi connectivity index (χ1n) is 11.1. The maximum Gasteiger partial charge on any atom is 0.278 e. The van der Waals surface area contributed by atoms with Crippen molar-refractivity contribution in [1.29, 1.82) is 0 Å². The van der Waals surface area contributed by atoms with Gasteiger partial charge in [0.2, 0.25) is 11.3 Å². The summed E-state index contributed by atoms with van der Waals surface area (Å²) in [5.74, 6) is -0.0541. The molecule has 1 aromatic carbocycles. The maximum absolute atomic E-state index is 13.2. The minimum absolute atomic E-state index is 0.0392. The van der Waals surface area contributed by atoms with Crippen LogP contribution < -0.4 is 11.0 Å². The quantitative estimate of drug-likeness (QED) is 0.374. The summed E-state index contributed by atoms with van der Waals surface area (Å²) in [5.41, 5.74) is 1.92. The Kier molecular flexibility index (Phi) is 6.08. The van der Waals surface area contributed by atoms with Crippen molar-refractivity contribution in [1.82, 2.24) is 35.3 Å². The van der Waals surface area contributed by atoms with E-state index >= 15 is 0 Å². The molecule has 5 aromatic rings. The average molecular weight is 467 g/mol. The Hall–Kier alpha value is -4.73. The molecule has 4 aromatic heterocycles. The van der Waals surface area contributed by atoms with E-state index in [9.17, 15) is 14.4 Å². The van der Waals surface area contributed by atoms with Crippen molar-refractivity contribution in [3.8, 4) is 0 Å². The molecular formula is C25H21N7O3. The smallest absolute Gasteiger partial charge is 0.278 e. The van der Waals surface area contributed by atoms with Gasteiger partial charge in [-0.1, -0.05) is 23.4 Å². The number of aryl methyl sites for hydroxylation is 1. The number of pyridine rings is 2. The number of rotatable bonds is 7. The third-order valence-electron chi connectivity index (χ3n) is 5.71. The van der Waals surface area contributed by atoms with Crippen LogP contribution in [-0.4, -0.2) is 41.2 Å². The fourth-order valence-electron chi connectivity index (χ4n) is 3.93. The monoisotopic (exact) mass is 467 g/mol. The number of nitrogens with zero attached hydrogens (tertiary/aromatic N) is 5. The van der Waals surface area contributed by atoms with Gasteiger partial charge in [0.1, 0.15) is 5.52 Å². The van der Waals surface area contributed by atoms with Crippen molar-refractivity contribution >= 4 is 27.8 Å². The Morgan fingerprint density at radius 2 is 1.63 bits per heavy atom. The Bertz CT molecular complexity index is 1570. The number of carbonyl (C=O) groups excluding carboxylic acids is 1. The fourth-order valence-corrected chi connectivity index (χ4v) is 3.93. The number of aromatic amines is 2. The van der Waals surface area contributed by atoms with Crippen molar-refractivity contribution in [2.24, 2.45) is 0 Å². The van der Waals surface area contributed by atoms with Gasteiger partial charge in [-0.3, -0.25) is 29.5 Å². The molecule has 0 fully saturated rings. The lowest BCUT2D eigenvalue weighted by molar-refractivity contribution is -0.132. The summed E-state index contributed by atoms with van der Waals surface area (Å²) in [6.45, 7) is 0.730. The Morgan fingerprint density at radius 3 is 2.29 bits per heavy atom. The molecule has 0 atom stereocenters. The summed E-state index contributed by atoms with van der Waals surface area (Å²) in [7, 11) is 0. The summed E-state index contributed by atoms with van der Waals surface area (Å²) < 4.78 is 0. The van der Waals surface area contributed by atoms with Gasteiger partial charge in [-0.25, -0.2) is 0 Å². The molecule has 0 saturated heterocycles. The molecule has 0 spiro atoms. The zero-order valence-electron chi connectivity index (χ0n) is 18.6. The minimum atomic E-state index is -0.508. The largest absolute Gasteiger partial charge is 0.331 e. The third kappa shape index (κ3) is 4.81. The predicted octanol–water partition coefficient (Wildman–Crippen LogP) is 2.11. The van der Waals surface area contributed by atoms with Crippen molar-refractivity contribution in [3.05, 3.63) is 105 Å². The van der Waals surface area contributed by atoms with Crippen molar-refractivity contribution in [3.63, 3.8) is 0 Å². The van der Waals surface area contributed by atoms with Gasteiger partial charge in [0.25, 0.3) is 5.56 Å². The van der Waals surface area contributed by atoms with E-state index in [0.717, 1.165) is 17.0 Å². The number of H-pyrrole nitrogens is 2. The molecule has 0 aliphatic heterocycles. The normalized spacial score (nSPS) is 11.1. The highest BCUT2D eigenvalue weighted by Gasteiger charge is 2.16. The second kappa shape index (κ2) is 9.64. The number of amides is 1. The van der Waals surface area contributed by atoms with Gasteiger partial charge >= 0.3 is 0 Å². The van der Waals surface area contributed by atoms with E-state index < -0.39 is 5.56 Å². The molecule has 1 amide bonds. The van der Waals surface area contributed by atoms with Crippen molar-refractivity contribution < 1.29 is 4.79 Å². The Labute approximate surface area is 198 Å². The molecule has 5 rings (SSSR count). The molecule has 10 nitrogen and oxygen atoms in total. The van der Waals surface area contributed by atoms with Crippen molar-refractivity contribution in [2.45, 2.75) is 25.9 Å². The van der Waals surface area contributed by atoms with Crippen LogP contribution in [-0.2, 0) is 24.3 Å². The highest BCUT2D eigenvalue weighted by Crippen LogP contribution is 2.15. The van der Waals surface area contributed by atoms with Crippen LogP contribution in [0.4, 0.5) is 0 Å². The summed E-state index contributed by atoms with van der Waals surface area (Å²) >= 11 is 0. The standard InChI is InChI=1S/C25H21N7O3/c33-21(32(14-17-5-1-3-11-26-17)15-18-6-2-4-12-27-18)10-8-16-7-9-19-20(13-16)28-25(35)23-22(24(19)34)29-31-30-23/h1-7,9,11-13H,8,10,14-15H2,(H,28,35)(H,29,30,31). The average Bonchev–Trinajstić information content (AvgIpc) is 3.35. The maximum atomic E-state index is 13.2. The zero-order chi connectivity index (χ0) is 24.2. The van der Waals surface area contributed by atoms with Gasteiger partial charge in [0.05, 0.1) is 30.0 Å². The van der Waals surface area contributed by atoms with Crippen LogP contribution in [0.2, 0.25) is 0 Å². The topological polar surface area (TPSA) is 138 Å². The molecular weight excluding hydrogens is 446 g/mol. The van der Waals surface area contributed by atoms with Gasteiger partial charge in [-0.15, -0.1) is 5.10 Å². The van der Waals surface area contributed by atoms with Gasteiger partial charge in [0, 0.05) is 24.2 Å². The third-order valence-corrected chi connectivity index (χ3v) is 5.71. The van der Waals surface area contributed by atoms with Crippen molar-refractivity contribution in [2.75, 3.05) is 0 Å². The van der Waals surface area contributed by atoms with Crippen LogP contribution in [0.25, 0.3) is 21.9 Å². The van der Waals surface area contributed by atoms with Gasteiger partial charge < -0.3 is 9.88 Å². The van der Waals surface area contributed by atoms with Crippen LogP contribution in [0.1, 0.15) is 23.4 Å². The molecule has 2 N–H and O–H groups in total. The number of benzene rings is 1. The summed E-state index contributed by atoms with van der Waals surface area (Å²) in [6, 6.07) is 16.4. The summed E-state index contributed by atoms with van der Waals surface area (Å²) in [4.78, 5) is 51.6. The van der Waals surface area contributed by atoms with Crippen LogP contribution in [0.15, 0.2) is 76.6 Å². The van der Waals surface area contributed by atoms with E-state index in [1.54, 1.807) is 35.5 Å². The first-order valence-corrected chi connectivity index (χ1v) is 11.1. The molecule has 0 aliphatic rings. The fraction of sp³-hybridized carbons (Fsp3) is 0.160. The molecule has 0 radical (unpaired) electrons. The lowest BCUT2D eigenvalue weighted by Gasteiger charge is -2.22. The van der Waals surface area contributed by atoms with Crippen LogP contribution >= 0.6 is 0 Å². The second-order valence-electron chi connectivity index (χ2n) is 8.09. The predicted molar refractivity (Wildman–Crippen MR) is 129 cm³/mol. The Morgan fingerprint density at radius 1 is 0.914 bits per heavy atom. The molecule has 0 unspecified atom stereocenters. The molecule has 10 heteroatoms. The lowest BCUT2D eigenvalue weighted by atomic mass is 10.1. The molecule has 35 heavy (non-hydrogen) atoms. The first kappa shape index (κ1) is 22.1. The van der Waals surface area contributed by atoms with Gasteiger partial charge in [-0.05, 0) is 48.4 Å². The van der Waals surface area contributed by atoms with Gasteiger partial charge in [-0.2, -0.15) is 0 Å². The highest BCUT2D eigenvalue weighted by atomic mass is 16.2. The van der Waals surface area contributed by atoms with Gasteiger partial charge in [0.15, 0.2) is 5.52 Å². The number of hydrogen-bond donors (Lipinski definition) is 2. The van der Waals surface area contributed by atoms with E-state index in [1.807, 2.05) is 36.4 Å². The second-order valence-corrected chi connectivity index (χ2v) is 8.09. The summed E-state index contributed by atoms with van der Waals surface area (Å²) in [6.07, 6.45) is 4.07. The van der Waals surface area contributed by atoms with E-state index in [-0.39, 0.29) is 28.8 Å². The number of nitrogens with one attached hydrogen (secondary N) is 2. The SMILES string of the molecule is O=C(CCc1ccc2c(=O)c3[nH]nnc3c(=O)[nH]c2c1)N(Cc1ccccn1)Cc1ccccn1. The number of fused-ring (bicyclic) bond motifs is 2.